The summed E-state index contributed by atoms with van der Waals surface area (Å²) in [6.45, 7) is 5.81. The van der Waals surface area contributed by atoms with E-state index in [-0.39, 0.29) is 11.9 Å². The topological polar surface area (TPSA) is 66.5 Å². The molecule has 0 aliphatic carbocycles. The normalized spacial score (nSPS) is 17.7. The fourth-order valence-corrected chi connectivity index (χ4v) is 3.78. The highest BCUT2D eigenvalue weighted by atomic mass is 32.2. The van der Waals surface area contributed by atoms with Crippen molar-refractivity contribution in [2.75, 3.05) is 17.1 Å². The van der Waals surface area contributed by atoms with Crippen molar-refractivity contribution in [3.8, 4) is 0 Å². The lowest BCUT2D eigenvalue weighted by Gasteiger charge is -2.21. The van der Waals surface area contributed by atoms with Gasteiger partial charge in [0.1, 0.15) is 0 Å². The molecular weight excluding hydrogens is 276 g/mol. The van der Waals surface area contributed by atoms with Crippen LogP contribution in [0, 0.1) is 0 Å². The van der Waals surface area contributed by atoms with Crippen LogP contribution in [-0.4, -0.2) is 33.2 Å². The zero-order valence-electron chi connectivity index (χ0n) is 11.6. The third kappa shape index (κ3) is 2.70. The minimum absolute atomic E-state index is 0.119. The number of nitrogens with zero attached hydrogens (tertiary/aromatic N) is 1. The number of nitrogens with one attached hydrogen (secondary N) is 1. The standard InChI is InChI=1S/C14H18N2O3S/c1-4-7-15-14(17)11-5-6-13-12(9-11)8-10(2)16(13)20(3,18)19/h4-6,9-10H,1,7-8H2,2-3H3,(H,15,17)/t10-/m0/s1. The molecule has 0 aromatic heterocycles. The van der Waals surface area contributed by atoms with E-state index in [9.17, 15) is 13.2 Å². The van der Waals surface area contributed by atoms with Gasteiger partial charge in [0.2, 0.25) is 10.0 Å². The Labute approximate surface area is 119 Å². The van der Waals surface area contributed by atoms with Gasteiger partial charge in [0.25, 0.3) is 5.91 Å². The van der Waals surface area contributed by atoms with Gasteiger partial charge in [-0.15, -0.1) is 6.58 Å². The van der Waals surface area contributed by atoms with Crippen LogP contribution in [0.1, 0.15) is 22.8 Å². The number of hydrogen-bond donors (Lipinski definition) is 1. The summed E-state index contributed by atoms with van der Waals surface area (Å²) in [5, 5.41) is 2.70. The van der Waals surface area contributed by atoms with Gasteiger partial charge in [0.15, 0.2) is 0 Å². The molecule has 0 spiro atoms. The predicted molar refractivity (Wildman–Crippen MR) is 79.5 cm³/mol. The number of carbonyl (C=O) groups excluding carboxylic acids is 1. The van der Waals surface area contributed by atoms with Crippen molar-refractivity contribution in [3.05, 3.63) is 42.0 Å². The summed E-state index contributed by atoms with van der Waals surface area (Å²) >= 11 is 0. The van der Waals surface area contributed by atoms with Crippen LogP contribution in [0.5, 0.6) is 0 Å². The molecule has 1 aromatic carbocycles. The maximum absolute atomic E-state index is 11.9. The van der Waals surface area contributed by atoms with E-state index >= 15 is 0 Å². The summed E-state index contributed by atoms with van der Waals surface area (Å²) in [5.74, 6) is -0.182. The molecule has 5 nitrogen and oxygen atoms in total. The van der Waals surface area contributed by atoms with Crippen molar-refractivity contribution in [2.45, 2.75) is 19.4 Å². The van der Waals surface area contributed by atoms with E-state index in [1.807, 2.05) is 6.92 Å². The molecule has 0 saturated carbocycles. The van der Waals surface area contributed by atoms with Gasteiger partial charge in [-0.3, -0.25) is 9.10 Å². The van der Waals surface area contributed by atoms with Crippen LogP contribution in [0.4, 0.5) is 5.69 Å². The number of amides is 1. The Morgan fingerprint density at radius 2 is 2.25 bits per heavy atom. The van der Waals surface area contributed by atoms with Crippen LogP contribution in [-0.2, 0) is 16.4 Å². The molecule has 1 aromatic rings. The smallest absolute Gasteiger partial charge is 0.251 e. The minimum atomic E-state index is -3.29. The molecule has 1 N–H and O–H groups in total. The third-order valence-electron chi connectivity index (χ3n) is 3.26. The molecule has 1 aliphatic rings. The first-order chi connectivity index (χ1) is 9.34. The molecule has 1 amide bonds. The van der Waals surface area contributed by atoms with E-state index in [1.54, 1.807) is 24.3 Å². The minimum Gasteiger partial charge on any atom is -0.349 e. The Morgan fingerprint density at radius 1 is 1.55 bits per heavy atom. The van der Waals surface area contributed by atoms with Gasteiger partial charge < -0.3 is 5.32 Å². The van der Waals surface area contributed by atoms with E-state index in [1.165, 1.54) is 10.6 Å². The highest BCUT2D eigenvalue weighted by molar-refractivity contribution is 7.92. The second-order valence-corrected chi connectivity index (χ2v) is 6.81. The molecule has 0 saturated heterocycles. The van der Waals surface area contributed by atoms with Crippen LogP contribution in [0.25, 0.3) is 0 Å². The molecule has 1 heterocycles. The number of anilines is 1. The maximum Gasteiger partial charge on any atom is 0.251 e. The third-order valence-corrected chi connectivity index (χ3v) is 4.53. The van der Waals surface area contributed by atoms with Crippen molar-refractivity contribution in [2.24, 2.45) is 0 Å². The second-order valence-electron chi connectivity index (χ2n) is 4.95. The second kappa shape index (κ2) is 5.28. The largest absolute Gasteiger partial charge is 0.349 e. The van der Waals surface area contributed by atoms with Gasteiger partial charge in [-0.1, -0.05) is 6.08 Å². The molecule has 2 rings (SSSR count). The lowest BCUT2D eigenvalue weighted by Crippen LogP contribution is -2.34. The Kier molecular flexibility index (Phi) is 3.85. The van der Waals surface area contributed by atoms with Crippen LogP contribution >= 0.6 is 0 Å². The summed E-state index contributed by atoms with van der Waals surface area (Å²) in [7, 11) is -3.29. The molecule has 20 heavy (non-hydrogen) atoms. The number of carbonyl (C=O) groups is 1. The fraction of sp³-hybridized carbons (Fsp3) is 0.357. The Bertz CT molecular complexity index is 652. The van der Waals surface area contributed by atoms with Gasteiger partial charge in [0, 0.05) is 18.2 Å². The van der Waals surface area contributed by atoms with Crippen LogP contribution in [0.2, 0.25) is 0 Å². The summed E-state index contributed by atoms with van der Waals surface area (Å²) < 4.78 is 25.0. The van der Waals surface area contributed by atoms with Crippen molar-refractivity contribution >= 4 is 21.6 Å². The van der Waals surface area contributed by atoms with E-state index in [2.05, 4.69) is 11.9 Å². The predicted octanol–water partition coefficient (Wildman–Crippen LogP) is 1.31. The van der Waals surface area contributed by atoms with Gasteiger partial charge in [-0.25, -0.2) is 8.42 Å². The SMILES string of the molecule is C=CCNC(=O)c1ccc2c(c1)C[C@H](C)N2S(C)(=O)=O. The number of benzene rings is 1. The van der Waals surface area contributed by atoms with E-state index in [0.717, 1.165) is 5.56 Å². The number of fused-ring (bicyclic) bond motifs is 1. The molecular formula is C14H18N2O3S. The van der Waals surface area contributed by atoms with E-state index < -0.39 is 10.0 Å². The maximum atomic E-state index is 11.9. The Hall–Kier alpha value is -1.82. The molecule has 1 atom stereocenters. The van der Waals surface area contributed by atoms with Gasteiger partial charge in [0.05, 0.1) is 11.9 Å². The first kappa shape index (κ1) is 14.6. The lowest BCUT2D eigenvalue weighted by atomic mass is 10.1. The lowest BCUT2D eigenvalue weighted by molar-refractivity contribution is 0.0958. The van der Waals surface area contributed by atoms with E-state index in [0.29, 0.717) is 24.2 Å². The average molecular weight is 294 g/mol. The van der Waals surface area contributed by atoms with Crippen LogP contribution in [0.3, 0.4) is 0 Å². The number of rotatable bonds is 4. The van der Waals surface area contributed by atoms with Crippen molar-refractivity contribution in [3.63, 3.8) is 0 Å². The molecule has 0 bridgehead atoms. The van der Waals surface area contributed by atoms with E-state index in [4.69, 9.17) is 0 Å². The molecule has 6 heteroatoms. The molecule has 0 radical (unpaired) electrons. The highest BCUT2D eigenvalue weighted by Gasteiger charge is 2.32. The summed E-state index contributed by atoms with van der Waals surface area (Å²) in [5.41, 5.74) is 2.09. The quantitative estimate of drug-likeness (QED) is 0.852. The summed E-state index contributed by atoms with van der Waals surface area (Å²) in [6.07, 6.45) is 3.42. The zero-order valence-corrected chi connectivity index (χ0v) is 12.4. The fourth-order valence-electron chi connectivity index (χ4n) is 2.52. The highest BCUT2D eigenvalue weighted by Crippen LogP contribution is 2.34. The van der Waals surface area contributed by atoms with Crippen molar-refractivity contribution < 1.29 is 13.2 Å². The first-order valence-electron chi connectivity index (χ1n) is 6.36. The monoisotopic (exact) mass is 294 g/mol. The van der Waals surface area contributed by atoms with Crippen molar-refractivity contribution in [1.29, 1.82) is 0 Å². The Balaban J connectivity index is 2.33. The molecule has 0 unspecified atom stereocenters. The number of hydrogen-bond acceptors (Lipinski definition) is 3. The molecule has 1 aliphatic heterocycles. The summed E-state index contributed by atoms with van der Waals surface area (Å²) in [6, 6.07) is 4.98. The van der Waals surface area contributed by atoms with Crippen molar-refractivity contribution in [1.82, 2.24) is 5.32 Å². The van der Waals surface area contributed by atoms with Crippen LogP contribution < -0.4 is 9.62 Å². The van der Waals surface area contributed by atoms with Gasteiger partial charge in [-0.2, -0.15) is 0 Å². The number of sulfonamides is 1. The van der Waals surface area contributed by atoms with Crippen LogP contribution in [0.15, 0.2) is 30.9 Å². The summed E-state index contributed by atoms with van der Waals surface area (Å²) in [4.78, 5) is 11.9. The Morgan fingerprint density at radius 3 is 2.85 bits per heavy atom. The average Bonchev–Trinajstić information content (AvgIpc) is 2.70. The first-order valence-corrected chi connectivity index (χ1v) is 8.21. The molecule has 0 fully saturated rings. The van der Waals surface area contributed by atoms with Gasteiger partial charge >= 0.3 is 0 Å². The molecule has 108 valence electrons. The van der Waals surface area contributed by atoms with Gasteiger partial charge in [-0.05, 0) is 37.1 Å². The zero-order chi connectivity index (χ0) is 14.9.